The summed E-state index contributed by atoms with van der Waals surface area (Å²) in [5.74, 6) is 0.394. The van der Waals surface area contributed by atoms with E-state index >= 15 is 0 Å². The quantitative estimate of drug-likeness (QED) is 0.621. The Hall–Kier alpha value is -2.90. The summed E-state index contributed by atoms with van der Waals surface area (Å²) in [5, 5.41) is 13.4. The summed E-state index contributed by atoms with van der Waals surface area (Å²) in [7, 11) is 0. The molecule has 2 atom stereocenters. The lowest BCUT2D eigenvalue weighted by Crippen LogP contribution is -2.58. The van der Waals surface area contributed by atoms with Gasteiger partial charge in [0.25, 0.3) is 5.91 Å². The highest BCUT2D eigenvalue weighted by molar-refractivity contribution is 6.07. The standard InChI is InChI=1S/C25H31N3O4/c1-2-19-9-11-22(12-10-19)32-17-21(29)16-28-23(30)25(26-24(28)31)13-6-14-27(18-25)15-20-7-4-3-5-8-20/h3-5,7-12,21,29H,2,6,13-18H2,1H3,(H,26,31). The summed E-state index contributed by atoms with van der Waals surface area (Å²) in [6.45, 7) is 4.09. The molecule has 3 amide bonds. The highest BCUT2D eigenvalue weighted by Gasteiger charge is 2.53. The van der Waals surface area contributed by atoms with Gasteiger partial charge >= 0.3 is 6.03 Å². The minimum absolute atomic E-state index is 0.00959. The number of carbonyl (C=O) groups excluding carboxylic acids is 2. The van der Waals surface area contributed by atoms with Crippen LogP contribution >= 0.6 is 0 Å². The van der Waals surface area contributed by atoms with Gasteiger partial charge in [-0.25, -0.2) is 4.79 Å². The number of piperidine rings is 1. The zero-order valence-electron chi connectivity index (χ0n) is 18.5. The van der Waals surface area contributed by atoms with E-state index in [2.05, 4.69) is 29.3 Å². The van der Waals surface area contributed by atoms with Crippen molar-refractivity contribution < 1.29 is 19.4 Å². The van der Waals surface area contributed by atoms with E-state index in [-0.39, 0.29) is 19.1 Å². The summed E-state index contributed by atoms with van der Waals surface area (Å²) in [6.07, 6.45) is 1.41. The Balaban J connectivity index is 1.34. The fourth-order valence-corrected chi connectivity index (χ4v) is 4.52. The van der Waals surface area contributed by atoms with Crippen molar-refractivity contribution in [2.24, 2.45) is 0 Å². The predicted molar refractivity (Wildman–Crippen MR) is 121 cm³/mol. The lowest BCUT2D eigenvalue weighted by Gasteiger charge is -2.38. The molecule has 1 spiro atoms. The third kappa shape index (κ3) is 4.95. The molecule has 170 valence electrons. The molecule has 0 saturated carbocycles. The van der Waals surface area contributed by atoms with Crippen LogP contribution in [-0.2, 0) is 17.8 Å². The zero-order valence-corrected chi connectivity index (χ0v) is 18.5. The molecule has 2 aromatic carbocycles. The minimum atomic E-state index is -0.963. The highest BCUT2D eigenvalue weighted by atomic mass is 16.5. The van der Waals surface area contributed by atoms with Gasteiger partial charge in [0.05, 0.1) is 6.54 Å². The number of aliphatic hydroxyl groups excluding tert-OH is 1. The number of nitrogens with one attached hydrogen (secondary N) is 1. The summed E-state index contributed by atoms with van der Waals surface area (Å²) in [6, 6.07) is 17.3. The van der Waals surface area contributed by atoms with Crippen molar-refractivity contribution in [3.8, 4) is 5.75 Å². The zero-order chi connectivity index (χ0) is 22.6. The predicted octanol–water partition coefficient (Wildman–Crippen LogP) is 2.58. The molecule has 2 unspecified atom stereocenters. The van der Waals surface area contributed by atoms with E-state index in [9.17, 15) is 14.7 Å². The van der Waals surface area contributed by atoms with Gasteiger partial charge in [-0.15, -0.1) is 0 Å². The van der Waals surface area contributed by atoms with E-state index < -0.39 is 17.7 Å². The number of likely N-dealkylation sites (tertiary alicyclic amines) is 1. The molecule has 0 aliphatic carbocycles. The first-order valence-corrected chi connectivity index (χ1v) is 11.3. The fraction of sp³-hybridized carbons (Fsp3) is 0.440. The number of amides is 3. The van der Waals surface area contributed by atoms with Crippen molar-refractivity contribution in [2.75, 3.05) is 26.2 Å². The first kappa shape index (κ1) is 22.3. The number of β-amino-alcohol motifs (C(OH)–C–C–N with tert-alkyl or cyclic N) is 1. The van der Waals surface area contributed by atoms with Crippen LogP contribution in [-0.4, -0.2) is 64.7 Å². The lowest BCUT2D eigenvalue weighted by molar-refractivity contribution is -0.134. The Kier molecular flexibility index (Phi) is 6.77. The lowest BCUT2D eigenvalue weighted by atomic mass is 9.88. The monoisotopic (exact) mass is 437 g/mol. The van der Waals surface area contributed by atoms with E-state index in [1.165, 1.54) is 11.1 Å². The third-order valence-electron chi connectivity index (χ3n) is 6.23. The molecule has 2 aliphatic rings. The minimum Gasteiger partial charge on any atom is -0.491 e. The van der Waals surface area contributed by atoms with E-state index in [0.29, 0.717) is 18.7 Å². The normalized spacial score (nSPS) is 22.2. The van der Waals surface area contributed by atoms with Crippen molar-refractivity contribution in [3.63, 3.8) is 0 Å². The van der Waals surface area contributed by atoms with E-state index in [1.54, 1.807) is 0 Å². The van der Waals surface area contributed by atoms with Crippen LogP contribution < -0.4 is 10.1 Å². The molecule has 2 aromatic rings. The number of nitrogens with zero attached hydrogens (tertiary/aromatic N) is 2. The van der Waals surface area contributed by atoms with E-state index in [4.69, 9.17) is 4.74 Å². The molecular weight excluding hydrogens is 406 g/mol. The molecule has 7 heteroatoms. The van der Waals surface area contributed by atoms with Crippen molar-refractivity contribution in [2.45, 2.75) is 44.4 Å². The fourth-order valence-electron chi connectivity index (χ4n) is 4.52. The number of carbonyl (C=O) groups is 2. The first-order valence-electron chi connectivity index (χ1n) is 11.3. The Morgan fingerprint density at radius 2 is 1.84 bits per heavy atom. The third-order valence-corrected chi connectivity index (χ3v) is 6.23. The second-order valence-corrected chi connectivity index (χ2v) is 8.69. The van der Waals surface area contributed by atoms with Gasteiger partial charge in [0.15, 0.2) is 0 Å². The van der Waals surface area contributed by atoms with Crippen LogP contribution in [0.1, 0.15) is 30.9 Å². The number of benzene rings is 2. The van der Waals surface area contributed by atoms with Gasteiger partial charge in [-0.1, -0.05) is 49.4 Å². The van der Waals surface area contributed by atoms with Crippen LogP contribution in [0.3, 0.4) is 0 Å². The van der Waals surface area contributed by atoms with Gasteiger partial charge in [-0.2, -0.15) is 0 Å². The molecule has 0 radical (unpaired) electrons. The number of hydrogen-bond donors (Lipinski definition) is 2. The summed E-state index contributed by atoms with van der Waals surface area (Å²) < 4.78 is 5.64. The maximum Gasteiger partial charge on any atom is 0.325 e. The molecule has 2 saturated heterocycles. The van der Waals surface area contributed by atoms with Gasteiger partial charge < -0.3 is 15.2 Å². The number of aryl methyl sites for hydroxylation is 1. The van der Waals surface area contributed by atoms with Gasteiger partial charge in [0.2, 0.25) is 0 Å². The van der Waals surface area contributed by atoms with Crippen molar-refractivity contribution >= 4 is 11.9 Å². The second-order valence-electron chi connectivity index (χ2n) is 8.69. The Labute approximate surface area is 189 Å². The smallest absolute Gasteiger partial charge is 0.325 e. The molecule has 0 aromatic heterocycles. The Morgan fingerprint density at radius 3 is 2.56 bits per heavy atom. The molecular formula is C25H31N3O4. The van der Waals surface area contributed by atoms with Gasteiger partial charge in [-0.3, -0.25) is 14.6 Å². The number of urea groups is 1. The largest absolute Gasteiger partial charge is 0.491 e. The van der Waals surface area contributed by atoms with Crippen molar-refractivity contribution in [1.82, 2.24) is 15.1 Å². The Bertz CT molecular complexity index is 934. The summed E-state index contributed by atoms with van der Waals surface area (Å²) >= 11 is 0. The molecule has 2 N–H and O–H groups in total. The van der Waals surface area contributed by atoms with Gasteiger partial charge in [0, 0.05) is 13.1 Å². The van der Waals surface area contributed by atoms with Crippen LogP contribution in [0.2, 0.25) is 0 Å². The second kappa shape index (κ2) is 9.71. The maximum atomic E-state index is 13.2. The average molecular weight is 438 g/mol. The molecule has 7 nitrogen and oxygen atoms in total. The van der Waals surface area contributed by atoms with Crippen molar-refractivity contribution in [3.05, 3.63) is 65.7 Å². The van der Waals surface area contributed by atoms with Crippen LogP contribution in [0.15, 0.2) is 54.6 Å². The number of aliphatic hydroxyl groups is 1. The first-order chi connectivity index (χ1) is 15.5. The summed E-state index contributed by atoms with van der Waals surface area (Å²) in [4.78, 5) is 29.2. The topological polar surface area (TPSA) is 82.1 Å². The van der Waals surface area contributed by atoms with Crippen LogP contribution in [0, 0.1) is 0 Å². The van der Waals surface area contributed by atoms with Crippen LogP contribution in [0.5, 0.6) is 5.75 Å². The number of rotatable bonds is 8. The Morgan fingerprint density at radius 1 is 1.09 bits per heavy atom. The summed E-state index contributed by atoms with van der Waals surface area (Å²) in [5.41, 5.74) is 1.47. The van der Waals surface area contributed by atoms with E-state index in [0.717, 1.165) is 30.8 Å². The van der Waals surface area contributed by atoms with E-state index in [1.807, 2.05) is 42.5 Å². The molecule has 2 heterocycles. The molecule has 32 heavy (non-hydrogen) atoms. The van der Waals surface area contributed by atoms with Gasteiger partial charge in [0.1, 0.15) is 24.0 Å². The van der Waals surface area contributed by atoms with Gasteiger partial charge in [-0.05, 0) is 49.1 Å². The highest BCUT2D eigenvalue weighted by Crippen LogP contribution is 2.29. The molecule has 2 aliphatic heterocycles. The molecule has 4 rings (SSSR count). The number of hydrogen-bond acceptors (Lipinski definition) is 5. The molecule has 0 bridgehead atoms. The average Bonchev–Trinajstić information content (AvgIpc) is 3.02. The SMILES string of the molecule is CCc1ccc(OCC(O)CN2C(=O)NC3(CCCN(Cc4ccccc4)C3)C2=O)cc1. The van der Waals surface area contributed by atoms with Crippen molar-refractivity contribution in [1.29, 1.82) is 0 Å². The van der Waals surface area contributed by atoms with Crippen LogP contribution in [0.4, 0.5) is 4.79 Å². The molecule has 2 fully saturated rings. The van der Waals surface area contributed by atoms with Crippen LogP contribution in [0.25, 0.3) is 0 Å². The number of imide groups is 1. The number of ether oxygens (including phenoxy) is 1. The maximum absolute atomic E-state index is 13.2.